The van der Waals surface area contributed by atoms with Gasteiger partial charge in [-0.15, -0.1) is 0 Å². The number of piperazine rings is 1. The molecule has 0 unspecified atom stereocenters. The molecule has 3 N–H and O–H groups in total. The number of quaternary nitrogens is 2. The molecule has 2 aromatic carbocycles. The van der Waals surface area contributed by atoms with Gasteiger partial charge in [0.2, 0.25) is 0 Å². The average molecular weight is 383 g/mol. The van der Waals surface area contributed by atoms with Gasteiger partial charge in [-0.05, 0) is 24.6 Å². The Morgan fingerprint density at radius 3 is 2.59 bits per heavy atom. The summed E-state index contributed by atoms with van der Waals surface area (Å²) in [7, 11) is 0. The van der Waals surface area contributed by atoms with Crippen molar-refractivity contribution in [1.82, 2.24) is 4.98 Å². The molecule has 1 aliphatic heterocycles. The van der Waals surface area contributed by atoms with Gasteiger partial charge in [-0.2, -0.15) is 0 Å². The first-order valence-corrected chi connectivity index (χ1v) is 10.4. The number of nitrogens with one attached hydrogen (secondary N) is 3. The van der Waals surface area contributed by atoms with Crippen LogP contribution in [-0.4, -0.2) is 43.6 Å². The molecule has 0 aliphatic carbocycles. The highest BCUT2D eigenvalue weighted by molar-refractivity contribution is 7.22. The van der Waals surface area contributed by atoms with Crippen molar-refractivity contribution in [3.05, 3.63) is 59.7 Å². The van der Waals surface area contributed by atoms with Crippen molar-refractivity contribution >= 4 is 32.6 Å². The van der Waals surface area contributed by atoms with Crippen molar-refractivity contribution in [3.63, 3.8) is 0 Å². The molecule has 1 saturated heterocycles. The normalized spacial score (nSPS) is 19.9. The summed E-state index contributed by atoms with van der Waals surface area (Å²) in [6, 6.07) is 16.8. The van der Waals surface area contributed by atoms with Crippen LogP contribution in [0.25, 0.3) is 10.2 Å². The number of rotatable bonds is 5. The molecule has 1 aromatic heterocycles. The van der Waals surface area contributed by atoms with Gasteiger partial charge in [-0.1, -0.05) is 47.7 Å². The van der Waals surface area contributed by atoms with E-state index >= 15 is 0 Å². The number of amides is 1. The minimum Gasteiger partial charge on any atom is -0.322 e. The molecule has 6 heteroatoms. The van der Waals surface area contributed by atoms with E-state index in [1.54, 1.807) is 16.2 Å². The molecule has 0 spiro atoms. The Kier molecular flexibility index (Phi) is 5.48. The summed E-state index contributed by atoms with van der Waals surface area (Å²) in [6.07, 6.45) is 0. The summed E-state index contributed by atoms with van der Waals surface area (Å²) in [4.78, 5) is 19.9. The van der Waals surface area contributed by atoms with Crippen LogP contribution < -0.4 is 15.1 Å². The van der Waals surface area contributed by atoms with Crippen molar-refractivity contribution < 1.29 is 14.6 Å². The number of fused-ring (bicyclic) bond motifs is 1. The number of aromatic nitrogens is 1. The molecule has 3 aromatic rings. The lowest BCUT2D eigenvalue weighted by molar-refractivity contribution is -1.02. The molecule has 1 aliphatic rings. The Morgan fingerprint density at radius 1 is 1.07 bits per heavy atom. The van der Waals surface area contributed by atoms with Crippen LogP contribution in [0, 0.1) is 6.92 Å². The Bertz CT molecular complexity index is 916. The predicted molar refractivity (Wildman–Crippen MR) is 109 cm³/mol. The molecule has 1 amide bonds. The fourth-order valence-electron chi connectivity index (χ4n) is 3.67. The van der Waals surface area contributed by atoms with Crippen molar-refractivity contribution in [2.75, 3.05) is 38.0 Å². The third-order valence-electron chi connectivity index (χ3n) is 5.16. The Hall–Kier alpha value is -2.28. The summed E-state index contributed by atoms with van der Waals surface area (Å²) >= 11 is 1.55. The van der Waals surface area contributed by atoms with Crippen molar-refractivity contribution in [2.24, 2.45) is 0 Å². The zero-order chi connectivity index (χ0) is 18.6. The highest BCUT2D eigenvalue weighted by atomic mass is 32.1. The van der Waals surface area contributed by atoms with Crippen LogP contribution in [0.4, 0.5) is 5.13 Å². The van der Waals surface area contributed by atoms with E-state index in [-0.39, 0.29) is 5.91 Å². The third kappa shape index (κ3) is 4.71. The minimum atomic E-state index is 0.0623. The summed E-state index contributed by atoms with van der Waals surface area (Å²) in [6.45, 7) is 7.96. The maximum absolute atomic E-state index is 12.4. The van der Waals surface area contributed by atoms with Crippen LogP contribution in [0.1, 0.15) is 11.1 Å². The topological polar surface area (TPSA) is 50.9 Å². The summed E-state index contributed by atoms with van der Waals surface area (Å²) < 4.78 is 1.12. The molecule has 0 radical (unpaired) electrons. The maximum Gasteiger partial charge on any atom is 0.281 e. The van der Waals surface area contributed by atoms with E-state index in [1.807, 2.05) is 6.07 Å². The molecule has 2 heterocycles. The molecule has 27 heavy (non-hydrogen) atoms. The lowest BCUT2D eigenvalue weighted by Gasteiger charge is -2.29. The zero-order valence-electron chi connectivity index (χ0n) is 15.6. The van der Waals surface area contributed by atoms with Gasteiger partial charge in [-0.3, -0.25) is 10.1 Å². The van der Waals surface area contributed by atoms with Gasteiger partial charge in [0, 0.05) is 5.56 Å². The van der Waals surface area contributed by atoms with E-state index < -0.39 is 0 Å². The van der Waals surface area contributed by atoms with E-state index in [9.17, 15) is 4.79 Å². The number of carbonyl (C=O) groups excluding carboxylic acids is 1. The second-order valence-electron chi connectivity index (χ2n) is 7.38. The number of nitrogens with zero attached hydrogens (tertiary/aromatic N) is 1. The van der Waals surface area contributed by atoms with Crippen LogP contribution in [0.3, 0.4) is 0 Å². The molecule has 140 valence electrons. The SMILES string of the molecule is Cc1ccc2nc(NC(=O)C[NH+]3CC[NH+](Cc4ccccc4)CC3)sc2c1. The monoisotopic (exact) mass is 382 g/mol. The lowest BCUT2D eigenvalue weighted by atomic mass is 10.2. The second kappa shape index (κ2) is 8.17. The Balaban J connectivity index is 1.26. The maximum atomic E-state index is 12.4. The molecule has 0 saturated carbocycles. The summed E-state index contributed by atoms with van der Waals surface area (Å²) in [5, 5.41) is 3.69. The first-order valence-electron chi connectivity index (χ1n) is 9.54. The Labute approximate surface area is 163 Å². The fraction of sp³-hybridized carbons (Fsp3) is 0.333. The number of hydrogen-bond acceptors (Lipinski definition) is 3. The van der Waals surface area contributed by atoms with Gasteiger partial charge in [0.25, 0.3) is 5.91 Å². The largest absolute Gasteiger partial charge is 0.322 e. The summed E-state index contributed by atoms with van der Waals surface area (Å²) in [5.41, 5.74) is 3.55. The molecule has 0 atom stereocenters. The molecular formula is C21H26N4OS+2. The van der Waals surface area contributed by atoms with Gasteiger partial charge in [0.05, 0.1) is 10.2 Å². The van der Waals surface area contributed by atoms with Crippen LogP contribution in [0.15, 0.2) is 48.5 Å². The zero-order valence-corrected chi connectivity index (χ0v) is 16.4. The van der Waals surface area contributed by atoms with E-state index in [4.69, 9.17) is 0 Å². The van der Waals surface area contributed by atoms with Gasteiger partial charge in [0.1, 0.15) is 32.7 Å². The smallest absolute Gasteiger partial charge is 0.281 e. The highest BCUT2D eigenvalue weighted by Gasteiger charge is 2.25. The molecule has 4 rings (SSSR count). The first-order chi connectivity index (χ1) is 13.2. The van der Waals surface area contributed by atoms with Crippen molar-refractivity contribution in [3.8, 4) is 0 Å². The number of aryl methyl sites for hydroxylation is 1. The Morgan fingerprint density at radius 2 is 1.81 bits per heavy atom. The van der Waals surface area contributed by atoms with Crippen LogP contribution in [0.5, 0.6) is 0 Å². The van der Waals surface area contributed by atoms with E-state index in [1.165, 1.54) is 16.0 Å². The highest BCUT2D eigenvalue weighted by Crippen LogP contribution is 2.26. The molecule has 0 bridgehead atoms. The minimum absolute atomic E-state index is 0.0623. The number of thiazole rings is 1. The molecule has 5 nitrogen and oxygen atoms in total. The first kappa shape index (κ1) is 18.1. The number of hydrogen-bond donors (Lipinski definition) is 3. The lowest BCUT2D eigenvalue weighted by Crippen LogP contribution is -3.28. The third-order valence-corrected chi connectivity index (χ3v) is 6.10. The van der Waals surface area contributed by atoms with Gasteiger partial charge < -0.3 is 9.80 Å². The van der Waals surface area contributed by atoms with Crippen molar-refractivity contribution in [2.45, 2.75) is 13.5 Å². The molecular weight excluding hydrogens is 356 g/mol. The number of benzene rings is 2. The van der Waals surface area contributed by atoms with E-state index in [2.05, 4.69) is 59.7 Å². The van der Waals surface area contributed by atoms with Gasteiger partial charge in [0.15, 0.2) is 11.7 Å². The average Bonchev–Trinajstić information content (AvgIpc) is 3.05. The number of anilines is 1. The summed E-state index contributed by atoms with van der Waals surface area (Å²) in [5.74, 6) is 0.0623. The van der Waals surface area contributed by atoms with Gasteiger partial charge in [-0.25, -0.2) is 4.98 Å². The van der Waals surface area contributed by atoms with Gasteiger partial charge >= 0.3 is 0 Å². The second-order valence-corrected chi connectivity index (χ2v) is 8.41. The quantitative estimate of drug-likeness (QED) is 0.603. The van der Waals surface area contributed by atoms with E-state index in [0.717, 1.165) is 42.9 Å². The van der Waals surface area contributed by atoms with Crippen LogP contribution >= 0.6 is 11.3 Å². The predicted octanol–water partition coefficient (Wildman–Crippen LogP) is 0.527. The standard InChI is InChI=1S/C21H24N4OS/c1-16-7-8-18-19(13-16)27-21(22-18)23-20(26)15-25-11-9-24(10-12-25)14-17-5-3-2-4-6-17/h2-8,13H,9-12,14-15H2,1H3,(H,22,23,26)/p+2. The fourth-order valence-corrected chi connectivity index (χ4v) is 4.65. The van der Waals surface area contributed by atoms with Crippen LogP contribution in [-0.2, 0) is 11.3 Å². The molecule has 1 fully saturated rings. The number of carbonyl (C=O) groups is 1. The van der Waals surface area contributed by atoms with Crippen molar-refractivity contribution in [1.29, 1.82) is 0 Å². The van der Waals surface area contributed by atoms with Crippen LogP contribution in [0.2, 0.25) is 0 Å². The van der Waals surface area contributed by atoms with E-state index in [0.29, 0.717) is 11.7 Å².